The molecule has 5 heteroatoms. The molecule has 154 valence electrons. The number of fused-ring (bicyclic) bond motifs is 1. The number of carbonyl (C=O) groups is 1. The third-order valence-corrected chi connectivity index (χ3v) is 5.28. The predicted molar refractivity (Wildman–Crippen MR) is 123 cm³/mol. The molecule has 0 fully saturated rings. The summed E-state index contributed by atoms with van der Waals surface area (Å²) in [6, 6.07) is 30.0. The van der Waals surface area contributed by atoms with Crippen LogP contribution in [0.2, 0.25) is 0 Å². The van der Waals surface area contributed by atoms with Crippen LogP contribution in [0, 0.1) is 10.1 Å². The normalized spacial score (nSPS) is 10.7. The van der Waals surface area contributed by atoms with Crippen molar-refractivity contribution in [1.82, 2.24) is 0 Å². The van der Waals surface area contributed by atoms with Gasteiger partial charge in [-0.3, -0.25) is 14.9 Å². The van der Waals surface area contributed by atoms with E-state index in [1.54, 1.807) is 17.0 Å². The van der Waals surface area contributed by atoms with Gasteiger partial charge in [0.1, 0.15) is 0 Å². The molecule has 4 aromatic rings. The lowest BCUT2D eigenvalue weighted by Crippen LogP contribution is -2.32. The zero-order valence-corrected chi connectivity index (χ0v) is 17.0. The van der Waals surface area contributed by atoms with Crippen molar-refractivity contribution in [3.63, 3.8) is 0 Å². The summed E-state index contributed by atoms with van der Waals surface area (Å²) in [4.78, 5) is 25.8. The first-order chi connectivity index (χ1) is 15.1. The predicted octanol–water partition coefficient (Wildman–Crippen LogP) is 6.03. The number of carbonyl (C=O) groups excluding carboxylic acids is 1. The summed E-state index contributed by atoms with van der Waals surface area (Å²) in [5, 5.41) is 13.3. The number of amides is 1. The molecule has 0 bridgehead atoms. The fourth-order valence-corrected chi connectivity index (χ4v) is 3.69. The van der Waals surface area contributed by atoms with Gasteiger partial charge in [0, 0.05) is 29.9 Å². The lowest BCUT2D eigenvalue weighted by molar-refractivity contribution is -0.384. The number of aryl methyl sites for hydroxylation is 1. The molecule has 0 radical (unpaired) electrons. The summed E-state index contributed by atoms with van der Waals surface area (Å²) in [6.07, 6.45) is 1.62. The van der Waals surface area contributed by atoms with Crippen LogP contribution in [0.25, 0.3) is 10.8 Å². The summed E-state index contributed by atoms with van der Waals surface area (Å²) in [5.74, 6) is -0.243. The molecule has 0 heterocycles. The highest BCUT2D eigenvalue weighted by Crippen LogP contribution is 2.25. The van der Waals surface area contributed by atoms with E-state index in [-0.39, 0.29) is 11.6 Å². The highest BCUT2D eigenvalue weighted by molar-refractivity contribution is 6.07. The van der Waals surface area contributed by atoms with Gasteiger partial charge in [-0.25, -0.2) is 0 Å². The molecule has 4 aromatic carbocycles. The molecule has 0 aliphatic carbocycles. The number of hydrogen-bond donors (Lipinski definition) is 0. The zero-order chi connectivity index (χ0) is 21.6. The van der Waals surface area contributed by atoms with Gasteiger partial charge in [0.2, 0.25) is 0 Å². The van der Waals surface area contributed by atoms with Gasteiger partial charge in [-0.15, -0.1) is 0 Å². The topological polar surface area (TPSA) is 63.4 Å². The van der Waals surface area contributed by atoms with Crippen LogP contribution in [0.4, 0.5) is 11.4 Å². The van der Waals surface area contributed by atoms with Crippen LogP contribution in [0.3, 0.4) is 0 Å². The Bertz CT molecular complexity index is 1220. The molecule has 0 aromatic heterocycles. The van der Waals surface area contributed by atoms with Gasteiger partial charge in [-0.05, 0) is 47.4 Å². The molecular formula is C26H22N2O3. The molecule has 31 heavy (non-hydrogen) atoms. The van der Waals surface area contributed by atoms with Crippen molar-refractivity contribution >= 4 is 28.1 Å². The summed E-state index contributed by atoms with van der Waals surface area (Å²) >= 11 is 0. The van der Waals surface area contributed by atoms with Crippen molar-refractivity contribution < 1.29 is 9.72 Å². The maximum absolute atomic E-state index is 13.4. The van der Waals surface area contributed by atoms with Gasteiger partial charge in [0.05, 0.1) is 4.92 Å². The largest absolute Gasteiger partial charge is 0.308 e. The molecule has 0 saturated heterocycles. The molecule has 0 spiro atoms. The van der Waals surface area contributed by atoms with Gasteiger partial charge >= 0.3 is 0 Å². The van der Waals surface area contributed by atoms with Gasteiger partial charge in [0.15, 0.2) is 0 Å². The minimum absolute atomic E-state index is 0.0893. The fourth-order valence-electron chi connectivity index (χ4n) is 3.69. The van der Waals surface area contributed by atoms with Crippen molar-refractivity contribution in [2.75, 3.05) is 11.4 Å². The van der Waals surface area contributed by atoms with E-state index in [0.29, 0.717) is 12.1 Å². The van der Waals surface area contributed by atoms with Crippen LogP contribution in [0.1, 0.15) is 22.3 Å². The summed E-state index contributed by atoms with van der Waals surface area (Å²) in [7, 11) is 0. The second kappa shape index (κ2) is 9.22. The van der Waals surface area contributed by atoms with Crippen LogP contribution < -0.4 is 4.90 Å². The molecule has 0 aliphatic rings. The molecular weight excluding hydrogens is 388 g/mol. The standard InChI is InChI=1S/C26H22N2O3/c29-26(23-13-6-14-25(19-23)28(30)31)27(17-7-10-20-8-2-1-3-9-20)24-16-15-21-11-4-5-12-22(21)18-24/h1-6,8-9,11-16,18-19H,7,10,17H2. The van der Waals surface area contributed by atoms with Gasteiger partial charge in [0.25, 0.3) is 11.6 Å². The minimum atomic E-state index is -0.480. The van der Waals surface area contributed by atoms with E-state index in [0.717, 1.165) is 29.3 Å². The van der Waals surface area contributed by atoms with Gasteiger partial charge in [-0.2, -0.15) is 0 Å². The lowest BCUT2D eigenvalue weighted by atomic mass is 10.1. The number of nitro groups is 1. The van der Waals surface area contributed by atoms with E-state index in [1.807, 2.05) is 60.7 Å². The van der Waals surface area contributed by atoms with Crippen molar-refractivity contribution in [1.29, 1.82) is 0 Å². The maximum atomic E-state index is 13.4. The van der Waals surface area contributed by atoms with E-state index < -0.39 is 4.92 Å². The van der Waals surface area contributed by atoms with Crippen LogP contribution in [0.5, 0.6) is 0 Å². The molecule has 0 unspecified atom stereocenters. The van der Waals surface area contributed by atoms with Crippen LogP contribution >= 0.6 is 0 Å². The van der Waals surface area contributed by atoms with Crippen molar-refractivity contribution in [3.8, 4) is 0 Å². The quantitative estimate of drug-likeness (QED) is 0.276. The third kappa shape index (κ3) is 4.78. The summed E-state index contributed by atoms with van der Waals surface area (Å²) in [5.41, 5.74) is 2.21. The first kappa shape index (κ1) is 20.3. The Hall–Kier alpha value is -3.99. The van der Waals surface area contributed by atoms with Crippen molar-refractivity contribution in [2.24, 2.45) is 0 Å². The minimum Gasteiger partial charge on any atom is -0.308 e. The first-order valence-electron chi connectivity index (χ1n) is 10.2. The van der Waals surface area contributed by atoms with Crippen LogP contribution in [-0.2, 0) is 6.42 Å². The number of anilines is 1. The second-order valence-corrected chi connectivity index (χ2v) is 7.38. The Morgan fingerprint density at radius 3 is 2.32 bits per heavy atom. The fraction of sp³-hybridized carbons (Fsp3) is 0.115. The molecule has 0 N–H and O–H groups in total. The average molecular weight is 410 g/mol. The molecule has 0 saturated carbocycles. The van der Waals surface area contributed by atoms with Crippen LogP contribution in [0.15, 0.2) is 97.1 Å². The Morgan fingerprint density at radius 2 is 1.55 bits per heavy atom. The molecule has 1 amide bonds. The molecule has 5 nitrogen and oxygen atoms in total. The second-order valence-electron chi connectivity index (χ2n) is 7.38. The number of hydrogen-bond acceptors (Lipinski definition) is 3. The van der Waals surface area contributed by atoms with Crippen molar-refractivity contribution in [2.45, 2.75) is 12.8 Å². The Morgan fingerprint density at radius 1 is 0.806 bits per heavy atom. The summed E-state index contributed by atoms with van der Waals surface area (Å²) < 4.78 is 0. The number of rotatable bonds is 7. The smallest absolute Gasteiger partial charge is 0.270 e. The van der Waals surface area contributed by atoms with E-state index in [9.17, 15) is 14.9 Å². The average Bonchev–Trinajstić information content (AvgIpc) is 2.82. The maximum Gasteiger partial charge on any atom is 0.270 e. The van der Waals surface area contributed by atoms with E-state index in [2.05, 4.69) is 12.1 Å². The Balaban J connectivity index is 1.64. The van der Waals surface area contributed by atoms with Crippen molar-refractivity contribution in [3.05, 3.63) is 118 Å². The molecule has 4 rings (SSSR count). The molecule has 0 aliphatic heterocycles. The number of nitro benzene ring substituents is 1. The highest BCUT2D eigenvalue weighted by Gasteiger charge is 2.20. The van der Waals surface area contributed by atoms with E-state index in [4.69, 9.17) is 0 Å². The number of nitrogens with zero attached hydrogens (tertiary/aromatic N) is 2. The first-order valence-corrected chi connectivity index (χ1v) is 10.2. The van der Waals surface area contributed by atoms with E-state index in [1.165, 1.54) is 17.7 Å². The Labute approximate surface area is 180 Å². The monoisotopic (exact) mass is 410 g/mol. The SMILES string of the molecule is O=C(c1cccc([N+](=O)[O-])c1)N(CCCc1ccccc1)c1ccc2ccccc2c1. The van der Waals surface area contributed by atoms with Gasteiger partial charge in [-0.1, -0.05) is 66.7 Å². The van der Waals surface area contributed by atoms with Gasteiger partial charge < -0.3 is 4.90 Å². The summed E-state index contributed by atoms with van der Waals surface area (Å²) in [6.45, 7) is 0.509. The Kier molecular flexibility index (Phi) is 6.03. The van der Waals surface area contributed by atoms with E-state index >= 15 is 0 Å². The lowest BCUT2D eigenvalue weighted by Gasteiger charge is -2.23. The van der Waals surface area contributed by atoms with Crippen LogP contribution in [-0.4, -0.2) is 17.4 Å². The number of benzene rings is 4. The molecule has 0 atom stereocenters. The number of non-ortho nitro benzene ring substituents is 1. The highest BCUT2D eigenvalue weighted by atomic mass is 16.6. The third-order valence-electron chi connectivity index (χ3n) is 5.28. The zero-order valence-electron chi connectivity index (χ0n) is 17.0.